The molecule has 2 N–H and O–H groups in total. The topological polar surface area (TPSA) is 73.8 Å². The molecule has 0 spiro atoms. The third-order valence-corrected chi connectivity index (χ3v) is 4.50. The van der Waals surface area contributed by atoms with Crippen LogP contribution in [0.25, 0.3) is 17.1 Å². The molecule has 1 aromatic heterocycles. The van der Waals surface area contributed by atoms with E-state index in [4.69, 9.17) is 5.73 Å². The molecule has 24 heavy (non-hydrogen) atoms. The number of aryl methyl sites for hydroxylation is 2. The summed E-state index contributed by atoms with van der Waals surface area (Å²) in [6.07, 6.45) is 0. The molecule has 1 heterocycles. The Morgan fingerprint density at radius 3 is 2.50 bits per heavy atom. The number of rotatable bonds is 5. The molecule has 6 heteroatoms. The van der Waals surface area contributed by atoms with Gasteiger partial charge < -0.3 is 5.73 Å². The molecule has 1 amide bonds. The minimum atomic E-state index is -0.379. The van der Waals surface area contributed by atoms with Gasteiger partial charge in [-0.25, -0.2) is 0 Å². The van der Waals surface area contributed by atoms with E-state index in [1.165, 1.54) is 17.3 Å². The second kappa shape index (κ2) is 6.88. The van der Waals surface area contributed by atoms with Crippen LogP contribution < -0.4 is 5.73 Å². The Morgan fingerprint density at radius 1 is 1.08 bits per heavy atom. The zero-order valence-electron chi connectivity index (χ0n) is 13.6. The van der Waals surface area contributed by atoms with Crippen LogP contribution in [-0.2, 0) is 4.79 Å². The van der Waals surface area contributed by atoms with Crippen molar-refractivity contribution in [3.63, 3.8) is 0 Å². The Morgan fingerprint density at radius 2 is 1.83 bits per heavy atom. The first-order chi connectivity index (χ1) is 11.5. The summed E-state index contributed by atoms with van der Waals surface area (Å²) in [4.78, 5) is 11.1. The summed E-state index contributed by atoms with van der Waals surface area (Å²) in [6, 6.07) is 16.2. The van der Waals surface area contributed by atoms with Gasteiger partial charge in [-0.1, -0.05) is 53.2 Å². The van der Waals surface area contributed by atoms with Crippen molar-refractivity contribution in [3.05, 3.63) is 59.7 Å². The van der Waals surface area contributed by atoms with Gasteiger partial charge in [0.15, 0.2) is 11.0 Å². The molecule has 0 atom stereocenters. The van der Waals surface area contributed by atoms with E-state index in [0.717, 1.165) is 22.6 Å². The highest BCUT2D eigenvalue weighted by atomic mass is 32.2. The molecule has 122 valence electrons. The fraction of sp³-hybridized carbons (Fsp3) is 0.167. The average molecular weight is 338 g/mol. The van der Waals surface area contributed by atoms with Gasteiger partial charge in [0.25, 0.3) is 0 Å². The number of hydrogen-bond acceptors (Lipinski definition) is 4. The van der Waals surface area contributed by atoms with Crippen LogP contribution in [0.4, 0.5) is 0 Å². The van der Waals surface area contributed by atoms with Crippen LogP contribution >= 0.6 is 11.8 Å². The van der Waals surface area contributed by atoms with Crippen molar-refractivity contribution in [2.24, 2.45) is 5.73 Å². The van der Waals surface area contributed by atoms with E-state index in [1.54, 1.807) is 0 Å². The molecular formula is C18H18N4OS. The zero-order valence-corrected chi connectivity index (χ0v) is 14.4. The number of thioether (sulfide) groups is 1. The van der Waals surface area contributed by atoms with Gasteiger partial charge >= 0.3 is 0 Å². The van der Waals surface area contributed by atoms with E-state index in [-0.39, 0.29) is 11.7 Å². The van der Waals surface area contributed by atoms with E-state index in [2.05, 4.69) is 16.3 Å². The lowest BCUT2D eigenvalue weighted by molar-refractivity contribution is -0.115. The summed E-state index contributed by atoms with van der Waals surface area (Å²) in [5.41, 5.74) is 9.53. The number of carbonyl (C=O) groups is 1. The molecule has 0 aliphatic rings. The number of amides is 1. The molecule has 0 saturated heterocycles. The first kappa shape index (κ1) is 16.3. The molecule has 0 fully saturated rings. The van der Waals surface area contributed by atoms with Crippen molar-refractivity contribution in [3.8, 4) is 17.1 Å². The Hall–Kier alpha value is -2.60. The van der Waals surface area contributed by atoms with Gasteiger partial charge in [-0.2, -0.15) is 0 Å². The van der Waals surface area contributed by atoms with Crippen molar-refractivity contribution in [1.82, 2.24) is 14.8 Å². The van der Waals surface area contributed by atoms with Gasteiger partial charge in [0.2, 0.25) is 5.91 Å². The Bertz CT molecular complexity index is 871. The van der Waals surface area contributed by atoms with Crippen LogP contribution in [-0.4, -0.2) is 26.4 Å². The molecule has 0 saturated carbocycles. The smallest absolute Gasteiger partial charge is 0.227 e. The Kier molecular flexibility index (Phi) is 4.66. The van der Waals surface area contributed by atoms with Crippen LogP contribution in [0.3, 0.4) is 0 Å². The summed E-state index contributed by atoms with van der Waals surface area (Å²) >= 11 is 1.29. The minimum Gasteiger partial charge on any atom is -0.369 e. The maximum Gasteiger partial charge on any atom is 0.227 e. The highest BCUT2D eigenvalue weighted by Gasteiger charge is 2.16. The first-order valence-corrected chi connectivity index (χ1v) is 8.54. The normalized spacial score (nSPS) is 10.8. The lowest BCUT2D eigenvalue weighted by Crippen LogP contribution is -2.13. The van der Waals surface area contributed by atoms with Crippen molar-refractivity contribution in [1.29, 1.82) is 0 Å². The second-order valence-electron chi connectivity index (χ2n) is 5.60. The van der Waals surface area contributed by atoms with Crippen molar-refractivity contribution >= 4 is 17.7 Å². The maximum absolute atomic E-state index is 11.1. The largest absolute Gasteiger partial charge is 0.369 e. The van der Waals surface area contributed by atoms with Crippen molar-refractivity contribution < 1.29 is 4.79 Å². The van der Waals surface area contributed by atoms with Crippen LogP contribution in [0.1, 0.15) is 11.1 Å². The summed E-state index contributed by atoms with van der Waals surface area (Å²) in [7, 11) is 0. The van der Waals surface area contributed by atoms with Gasteiger partial charge in [-0.05, 0) is 32.0 Å². The first-order valence-electron chi connectivity index (χ1n) is 7.55. The summed E-state index contributed by atoms with van der Waals surface area (Å²) in [5, 5.41) is 9.25. The SMILES string of the molecule is Cc1ccc(-n2c(SCC(N)=O)nnc2-c2cccc(C)c2)cc1. The minimum absolute atomic E-state index is 0.164. The zero-order chi connectivity index (χ0) is 17.1. The van der Waals surface area contributed by atoms with E-state index in [0.29, 0.717) is 5.16 Å². The number of nitrogens with two attached hydrogens (primary N) is 1. The van der Waals surface area contributed by atoms with E-state index in [1.807, 2.05) is 60.9 Å². The fourth-order valence-electron chi connectivity index (χ4n) is 2.40. The maximum atomic E-state index is 11.1. The summed E-state index contributed by atoms with van der Waals surface area (Å²) in [5.74, 6) is 0.530. The van der Waals surface area contributed by atoms with Gasteiger partial charge in [0, 0.05) is 11.3 Å². The third-order valence-electron chi connectivity index (χ3n) is 3.55. The molecule has 0 bridgehead atoms. The highest BCUT2D eigenvalue weighted by molar-refractivity contribution is 7.99. The third kappa shape index (κ3) is 3.49. The van der Waals surface area contributed by atoms with Crippen LogP contribution in [0.2, 0.25) is 0 Å². The molecule has 0 radical (unpaired) electrons. The van der Waals surface area contributed by atoms with Gasteiger partial charge in [0.05, 0.1) is 5.75 Å². The van der Waals surface area contributed by atoms with Crippen molar-refractivity contribution in [2.75, 3.05) is 5.75 Å². The highest BCUT2D eigenvalue weighted by Crippen LogP contribution is 2.28. The standard InChI is InChI=1S/C18H18N4OS/c1-12-6-8-15(9-7-12)22-17(14-5-3-4-13(2)10-14)20-21-18(22)24-11-16(19)23/h3-10H,11H2,1-2H3,(H2,19,23). The monoisotopic (exact) mass is 338 g/mol. The number of primary amides is 1. The van der Waals surface area contributed by atoms with E-state index >= 15 is 0 Å². The Balaban J connectivity index is 2.12. The summed E-state index contributed by atoms with van der Waals surface area (Å²) in [6.45, 7) is 4.08. The quantitative estimate of drug-likeness (QED) is 0.725. The van der Waals surface area contributed by atoms with E-state index in [9.17, 15) is 4.79 Å². The van der Waals surface area contributed by atoms with Crippen LogP contribution in [0.5, 0.6) is 0 Å². The summed E-state index contributed by atoms with van der Waals surface area (Å²) < 4.78 is 1.96. The van der Waals surface area contributed by atoms with Crippen molar-refractivity contribution in [2.45, 2.75) is 19.0 Å². The lowest BCUT2D eigenvalue weighted by atomic mass is 10.1. The predicted molar refractivity (Wildman–Crippen MR) is 96.2 cm³/mol. The number of benzene rings is 2. The van der Waals surface area contributed by atoms with Gasteiger partial charge in [0.1, 0.15) is 0 Å². The fourth-order valence-corrected chi connectivity index (χ4v) is 3.09. The number of aromatic nitrogens is 3. The molecule has 3 aromatic rings. The molecule has 0 aliphatic heterocycles. The molecule has 2 aromatic carbocycles. The molecule has 3 rings (SSSR count). The van der Waals surface area contributed by atoms with E-state index < -0.39 is 0 Å². The molecule has 5 nitrogen and oxygen atoms in total. The van der Waals surface area contributed by atoms with Gasteiger partial charge in [-0.3, -0.25) is 9.36 Å². The Labute approximate surface area is 144 Å². The molecular weight excluding hydrogens is 320 g/mol. The van der Waals surface area contributed by atoms with Gasteiger partial charge in [-0.15, -0.1) is 10.2 Å². The second-order valence-corrected chi connectivity index (χ2v) is 6.54. The van der Waals surface area contributed by atoms with Crippen LogP contribution in [0.15, 0.2) is 53.7 Å². The molecule has 0 unspecified atom stereocenters. The number of hydrogen-bond donors (Lipinski definition) is 1. The number of nitrogens with zero attached hydrogens (tertiary/aromatic N) is 3. The lowest BCUT2D eigenvalue weighted by Gasteiger charge is -2.10. The van der Waals surface area contributed by atoms with Crippen LogP contribution in [0, 0.1) is 13.8 Å². The predicted octanol–water partition coefficient (Wildman–Crippen LogP) is 3.13. The number of carbonyl (C=O) groups excluding carboxylic acids is 1. The molecule has 0 aliphatic carbocycles. The average Bonchev–Trinajstić information content (AvgIpc) is 2.97.